The van der Waals surface area contributed by atoms with Crippen molar-refractivity contribution in [3.63, 3.8) is 0 Å². The first-order valence-electron chi connectivity index (χ1n) is 6.67. The number of ether oxygens (including phenoxy) is 2. The third-order valence-corrected chi connectivity index (χ3v) is 3.51. The second kappa shape index (κ2) is 8.60. The van der Waals surface area contributed by atoms with Gasteiger partial charge in [0, 0.05) is 12.1 Å². The minimum Gasteiger partial charge on any atom is -0.493 e. The van der Waals surface area contributed by atoms with Crippen LogP contribution < -0.4 is 14.8 Å². The van der Waals surface area contributed by atoms with Crippen molar-refractivity contribution in [1.82, 2.24) is 5.32 Å². The Balaban J connectivity index is 0.00000361. The first-order valence-corrected chi connectivity index (χ1v) is 7.05. The van der Waals surface area contributed by atoms with Gasteiger partial charge in [0.25, 0.3) is 0 Å². The van der Waals surface area contributed by atoms with Crippen LogP contribution in [0.5, 0.6) is 11.5 Å². The van der Waals surface area contributed by atoms with Crippen LogP contribution in [0.25, 0.3) is 0 Å². The Morgan fingerprint density at radius 3 is 2.40 bits per heavy atom. The van der Waals surface area contributed by atoms with Crippen LogP contribution in [0.15, 0.2) is 12.1 Å². The van der Waals surface area contributed by atoms with Gasteiger partial charge in [-0.25, -0.2) is 0 Å². The van der Waals surface area contributed by atoms with Gasteiger partial charge in [0.2, 0.25) is 0 Å². The molecule has 0 amide bonds. The highest BCUT2D eigenvalue weighted by Crippen LogP contribution is 2.36. The predicted molar refractivity (Wildman–Crippen MR) is 87.6 cm³/mol. The maximum absolute atomic E-state index is 6.24. The quantitative estimate of drug-likeness (QED) is 0.804. The van der Waals surface area contributed by atoms with Gasteiger partial charge in [-0.3, -0.25) is 0 Å². The van der Waals surface area contributed by atoms with E-state index in [0.717, 1.165) is 18.5 Å². The van der Waals surface area contributed by atoms with Crippen molar-refractivity contribution in [1.29, 1.82) is 0 Å². The lowest BCUT2D eigenvalue weighted by molar-refractivity contribution is 0.310. The lowest BCUT2D eigenvalue weighted by Crippen LogP contribution is -2.37. The average molecular weight is 322 g/mol. The van der Waals surface area contributed by atoms with E-state index in [-0.39, 0.29) is 17.9 Å². The van der Waals surface area contributed by atoms with Crippen LogP contribution >= 0.6 is 24.0 Å². The van der Waals surface area contributed by atoms with Crippen molar-refractivity contribution >= 4 is 24.0 Å². The molecular formula is C15H25Cl2NO2. The van der Waals surface area contributed by atoms with Crippen LogP contribution in [-0.2, 0) is 6.54 Å². The summed E-state index contributed by atoms with van der Waals surface area (Å²) in [5.74, 6) is 1.30. The molecular weight excluding hydrogens is 297 g/mol. The molecule has 0 aromatic heterocycles. The first kappa shape index (κ1) is 19.4. The summed E-state index contributed by atoms with van der Waals surface area (Å²) < 4.78 is 10.8. The summed E-state index contributed by atoms with van der Waals surface area (Å²) in [5.41, 5.74) is 1.20. The van der Waals surface area contributed by atoms with Crippen LogP contribution in [0.1, 0.15) is 39.7 Å². The van der Waals surface area contributed by atoms with E-state index >= 15 is 0 Å². The molecule has 0 saturated carbocycles. The summed E-state index contributed by atoms with van der Waals surface area (Å²) in [5, 5.41) is 4.09. The molecule has 0 fully saturated rings. The van der Waals surface area contributed by atoms with Gasteiger partial charge in [-0.2, -0.15) is 0 Å². The van der Waals surface area contributed by atoms with E-state index in [1.54, 1.807) is 7.11 Å². The zero-order chi connectivity index (χ0) is 14.5. The van der Waals surface area contributed by atoms with E-state index in [0.29, 0.717) is 23.1 Å². The van der Waals surface area contributed by atoms with Gasteiger partial charge < -0.3 is 14.8 Å². The SMILES string of the molecule is CCOc1c(Cl)cc(CNC(C)(C)CC)cc1OC.Cl. The summed E-state index contributed by atoms with van der Waals surface area (Å²) in [6.07, 6.45) is 1.06. The van der Waals surface area contributed by atoms with E-state index in [1.165, 1.54) is 0 Å². The van der Waals surface area contributed by atoms with Crippen LogP contribution in [0.4, 0.5) is 0 Å². The minimum absolute atomic E-state index is 0. The van der Waals surface area contributed by atoms with Crippen molar-refractivity contribution in [3.8, 4) is 11.5 Å². The van der Waals surface area contributed by atoms with Gasteiger partial charge in [0.05, 0.1) is 18.7 Å². The number of hydrogen-bond acceptors (Lipinski definition) is 3. The zero-order valence-electron chi connectivity index (χ0n) is 12.9. The van der Waals surface area contributed by atoms with Crippen molar-refractivity contribution < 1.29 is 9.47 Å². The van der Waals surface area contributed by atoms with E-state index in [2.05, 4.69) is 26.1 Å². The number of benzene rings is 1. The summed E-state index contributed by atoms with van der Waals surface area (Å²) in [6.45, 7) is 9.77. The van der Waals surface area contributed by atoms with E-state index < -0.39 is 0 Å². The van der Waals surface area contributed by atoms with Crippen LogP contribution in [0.2, 0.25) is 5.02 Å². The van der Waals surface area contributed by atoms with E-state index in [4.69, 9.17) is 21.1 Å². The normalized spacial score (nSPS) is 10.9. The van der Waals surface area contributed by atoms with Crippen LogP contribution in [0, 0.1) is 0 Å². The molecule has 0 unspecified atom stereocenters. The molecule has 0 aliphatic carbocycles. The largest absolute Gasteiger partial charge is 0.493 e. The Morgan fingerprint density at radius 2 is 1.90 bits per heavy atom. The smallest absolute Gasteiger partial charge is 0.179 e. The molecule has 1 rings (SSSR count). The molecule has 1 aromatic rings. The Hall–Kier alpha value is -0.640. The predicted octanol–water partition coefficient (Wildman–Crippen LogP) is 4.45. The molecule has 0 radical (unpaired) electrons. The first-order chi connectivity index (χ1) is 8.93. The number of rotatable bonds is 7. The molecule has 0 spiro atoms. The molecule has 3 nitrogen and oxygen atoms in total. The molecule has 1 N–H and O–H groups in total. The van der Waals surface area contributed by atoms with Gasteiger partial charge in [-0.05, 0) is 44.9 Å². The molecule has 0 saturated heterocycles. The summed E-state index contributed by atoms with van der Waals surface area (Å²) >= 11 is 6.24. The van der Waals surface area contributed by atoms with Gasteiger partial charge in [0.15, 0.2) is 11.5 Å². The molecule has 0 atom stereocenters. The number of halogens is 2. The Kier molecular flexibility index (Phi) is 8.33. The lowest BCUT2D eigenvalue weighted by atomic mass is 10.0. The maximum Gasteiger partial charge on any atom is 0.179 e. The van der Waals surface area contributed by atoms with E-state index in [1.807, 2.05) is 19.1 Å². The Bertz CT molecular complexity index is 423. The number of nitrogens with one attached hydrogen (secondary N) is 1. The lowest BCUT2D eigenvalue weighted by Gasteiger charge is -2.25. The van der Waals surface area contributed by atoms with Gasteiger partial charge >= 0.3 is 0 Å². The summed E-state index contributed by atoms with van der Waals surface area (Å²) in [6, 6.07) is 3.89. The molecule has 0 bridgehead atoms. The fourth-order valence-corrected chi connectivity index (χ4v) is 1.91. The Morgan fingerprint density at radius 1 is 1.25 bits per heavy atom. The fourth-order valence-electron chi connectivity index (χ4n) is 1.63. The second-order valence-corrected chi connectivity index (χ2v) is 5.54. The van der Waals surface area contributed by atoms with Gasteiger partial charge in [-0.15, -0.1) is 12.4 Å². The number of hydrogen-bond donors (Lipinski definition) is 1. The minimum atomic E-state index is 0. The standard InChI is InChI=1S/C15H24ClNO2.ClH/c1-6-15(3,4)17-10-11-8-12(16)14(19-7-2)13(9-11)18-5;/h8-9,17H,6-7,10H2,1-5H3;1H. The third-order valence-electron chi connectivity index (χ3n) is 3.23. The highest BCUT2D eigenvalue weighted by atomic mass is 35.5. The zero-order valence-corrected chi connectivity index (χ0v) is 14.5. The molecule has 20 heavy (non-hydrogen) atoms. The molecule has 5 heteroatoms. The third kappa shape index (κ3) is 5.39. The highest BCUT2D eigenvalue weighted by Gasteiger charge is 2.16. The topological polar surface area (TPSA) is 30.5 Å². The van der Waals surface area contributed by atoms with Crippen LogP contribution in [-0.4, -0.2) is 19.3 Å². The summed E-state index contributed by atoms with van der Waals surface area (Å²) in [4.78, 5) is 0. The molecule has 1 aromatic carbocycles. The maximum atomic E-state index is 6.24. The molecule has 0 aliphatic rings. The van der Waals surface area contributed by atoms with Crippen LogP contribution in [0.3, 0.4) is 0 Å². The monoisotopic (exact) mass is 321 g/mol. The summed E-state index contributed by atoms with van der Waals surface area (Å²) in [7, 11) is 1.63. The van der Waals surface area contributed by atoms with E-state index in [9.17, 15) is 0 Å². The number of methoxy groups -OCH3 is 1. The van der Waals surface area contributed by atoms with Crippen molar-refractivity contribution in [2.75, 3.05) is 13.7 Å². The van der Waals surface area contributed by atoms with Crippen molar-refractivity contribution in [2.45, 2.75) is 46.2 Å². The van der Waals surface area contributed by atoms with Crippen molar-refractivity contribution in [3.05, 3.63) is 22.7 Å². The molecule has 0 aliphatic heterocycles. The Labute approximate surface area is 133 Å². The van der Waals surface area contributed by atoms with Gasteiger partial charge in [-0.1, -0.05) is 18.5 Å². The van der Waals surface area contributed by atoms with Crippen molar-refractivity contribution in [2.24, 2.45) is 0 Å². The average Bonchev–Trinajstić information content (AvgIpc) is 2.39. The highest BCUT2D eigenvalue weighted by molar-refractivity contribution is 6.32. The second-order valence-electron chi connectivity index (χ2n) is 5.13. The molecule has 0 heterocycles. The van der Waals surface area contributed by atoms with Gasteiger partial charge in [0.1, 0.15) is 0 Å². The fraction of sp³-hybridized carbons (Fsp3) is 0.600. The molecule has 116 valence electrons.